The zero-order chi connectivity index (χ0) is 23.0. The number of carbonyl (C=O) groups is 2. The van der Waals surface area contributed by atoms with Crippen LogP contribution in [-0.4, -0.2) is 58.1 Å². The molecule has 2 aromatic rings. The molecule has 8 nitrogen and oxygen atoms in total. The van der Waals surface area contributed by atoms with Gasteiger partial charge in [-0.1, -0.05) is 37.3 Å². The number of ether oxygens (including phenoxy) is 1. The first-order chi connectivity index (χ1) is 14.7. The molecular formula is C22H29N3O5S. The topological polar surface area (TPSA) is 96.0 Å². The van der Waals surface area contributed by atoms with Crippen molar-refractivity contribution in [1.82, 2.24) is 10.2 Å². The molecule has 1 N–H and O–H groups in total. The molecule has 0 radical (unpaired) electrons. The number of sulfonamides is 1. The molecule has 0 saturated carbocycles. The first-order valence-electron chi connectivity index (χ1n) is 9.88. The third kappa shape index (κ3) is 6.45. The van der Waals surface area contributed by atoms with E-state index in [9.17, 15) is 18.0 Å². The first-order valence-corrected chi connectivity index (χ1v) is 11.7. The number of para-hydroxylation sites is 1. The molecule has 0 bridgehead atoms. The maximum Gasteiger partial charge on any atom is 0.244 e. The summed E-state index contributed by atoms with van der Waals surface area (Å²) >= 11 is 0. The van der Waals surface area contributed by atoms with E-state index in [1.165, 1.54) is 11.9 Å². The lowest BCUT2D eigenvalue weighted by atomic mass is 10.1. The molecule has 0 fully saturated rings. The van der Waals surface area contributed by atoms with Crippen LogP contribution in [0.5, 0.6) is 5.75 Å². The molecule has 0 aromatic heterocycles. The van der Waals surface area contributed by atoms with Crippen LogP contribution in [0.15, 0.2) is 54.6 Å². The number of rotatable bonds is 10. The SMILES string of the molecule is CC[C@H](C(=O)NC)N(Cc1cccc(OC)c1)C(=O)CN(c1ccccc1)S(C)(=O)=O. The van der Waals surface area contributed by atoms with Gasteiger partial charge in [-0.3, -0.25) is 13.9 Å². The number of anilines is 1. The van der Waals surface area contributed by atoms with E-state index in [-0.39, 0.29) is 12.5 Å². The molecule has 0 aliphatic carbocycles. The molecule has 0 saturated heterocycles. The van der Waals surface area contributed by atoms with E-state index in [1.807, 2.05) is 6.07 Å². The van der Waals surface area contributed by atoms with E-state index >= 15 is 0 Å². The molecule has 31 heavy (non-hydrogen) atoms. The zero-order valence-electron chi connectivity index (χ0n) is 18.2. The largest absolute Gasteiger partial charge is 0.497 e. The summed E-state index contributed by atoms with van der Waals surface area (Å²) < 4.78 is 31.1. The van der Waals surface area contributed by atoms with E-state index in [2.05, 4.69) is 5.32 Å². The van der Waals surface area contributed by atoms with Gasteiger partial charge >= 0.3 is 0 Å². The second-order valence-electron chi connectivity index (χ2n) is 7.02. The van der Waals surface area contributed by atoms with Crippen molar-refractivity contribution in [3.63, 3.8) is 0 Å². The number of benzene rings is 2. The van der Waals surface area contributed by atoms with Crippen LogP contribution >= 0.6 is 0 Å². The molecule has 0 heterocycles. The molecule has 168 valence electrons. The standard InChI is InChI=1S/C22H29N3O5S/c1-5-20(22(27)23-2)24(15-17-10-9-13-19(14-17)30-3)21(26)16-25(31(4,28)29)18-11-7-6-8-12-18/h6-14,20H,5,15-16H2,1-4H3,(H,23,27)/t20-/m1/s1. The molecule has 1 atom stereocenters. The second-order valence-corrected chi connectivity index (χ2v) is 8.92. The maximum atomic E-state index is 13.4. The minimum absolute atomic E-state index is 0.133. The van der Waals surface area contributed by atoms with E-state index < -0.39 is 28.5 Å². The van der Waals surface area contributed by atoms with Gasteiger partial charge in [0.15, 0.2) is 0 Å². The highest BCUT2D eigenvalue weighted by molar-refractivity contribution is 7.92. The lowest BCUT2D eigenvalue weighted by Gasteiger charge is -2.32. The van der Waals surface area contributed by atoms with Gasteiger partial charge in [0.2, 0.25) is 21.8 Å². The fourth-order valence-corrected chi connectivity index (χ4v) is 4.11. The molecule has 2 rings (SSSR count). The Hall–Kier alpha value is -3.07. The number of likely N-dealkylation sites (N-methyl/N-ethyl adjacent to an activating group) is 1. The lowest BCUT2D eigenvalue weighted by Crippen LogP contribution is -2.51. The Morgan fingerprint density at radius 1 is 1.10 bits per heavy atom. The Morgan fingerprint density at radius 3 is 2.32 bits per heavy atom. The van der Waals surface area contributed by atoms with Gasteiger partial charge in [0, 0.05) is 13.6 Å². The van der Waals surface area contributed by atoms with E-state index in [0.717, 1.165) is 16.1 Å². The average Bonchev–Trinajstić information content (AvgIpc) is 2.76. The highest BCUT2D eigenvalue weighted by Gasteiger charge is 2.31. The fourth-order valence-electron chi connectivity index (χ4n) is 3.26. The van der Waals surface area contributed by atoms with Crippen LogP contribution in [0.2, 0.25) is 0 Å². The summed E-state index contributed by atoms with van der Waals surface area (Å²) in [7, 11) is -0.670. The number of amides is 2. The van der Waals surface area contributed by atoms with Gasteiger partial charge in [0.05, 0.1) is 19.1 Å². The van der Waals surface area contributed by atoms with Crippen molar-refractivity contribution >= 4 is 27.5 Å². The molecular weight excluding hydrogens is 418 g/mol. The van der Waals surface area contributed by atoms with Crippen molar-refractivity contribution in [3.05, 3.63) is 60.2 Å². The summed E-state index contributed by atoms with van der Waals surface area (Å²) in [6.45, 7) is 1.52. The van der Waals surface area contributed by atoms with Crippen LogP contribution in [0.1, 0.15) is 18.9 Å². The monoisotopic (exact) mass is 447 g/mol. The number of nitrogens with zero attached hydrogens (tertiary/aromatic N) is 2. The van der Waals surface area contributed by atoms with E-state index in [1.54, 1.807) is 62.6 Å². The van der Waals surface area contributed by atoms with Crippen molar-refractivity contribution in [2.75, 3.05) is 31.3 Å². The summed E-state index contributed by atoms with van der Waals surface area (Å²) in [6.07, 6.45) is 1.43. The van der Waals surface area contributed by atoms with Crippen LogP contribution < -0.4 is 14.4 Å². The Balaban J connectivity index is 2.41. The van der Waals surface area contributed by atoms with Gasteiger partial charge in [-0.25, -0.2) is 8.42 Å². The van der Waals surface area contributed by atoms with Crippen molar-refractivity contribution < 1.29 is 22.7 Å². The summed E-state index contributed by atoms with van der Waals surface area (Å²) in [6, 6.07) is 14.8. The third-order valence-corrected chi connectivity index (χ3v) is 5.98. The quantitative estimate of drug-likeness (QED) is 0.601. The second kappa shape index (κ2) is 10.8. The van der Waals surface area contributed by atoms with Crippen LogP contribution in [-0.2, 0) is 26.2 Å². The van der Waals surface area contributed by atoms with Gasteiger partial charge in [-0.15, -0.1) is 0 Å². The summed E-state index contributed by atoms with van der Waals surface area (Å²) in [4.78, 5) is 27.3. The summed E-state index contributed by atoms with van der Waals surface area (Å²) in [5.41, 5.74) is 1.15. The van der Waals surface area contributed by atoms with Gasteiger partial charge in [0.25, 0.3) is 0 Å². The number of nitrogens with one attached hydrogen (secondary N) is 1. The molecule has 0 spiro atoms. The number of methoxy groups -OCH3 is 1. The molecule has 0 unspecified atom stereocenters. The summed E-state index contributed by atoms with van der Waals surface area (Å²) in [5.74, 6) is -0.170. The fraction of sp³-hybridized carbons (Fsp3) is 0.364. The molecule has 0 aliphatic heterocycles. The van der Waals surface area contributed by atoms with Crippen LogP contribution in [0.4, 0.5) is 5.69 Å². The Bertz CT molecular complexity index is 995. The Kier molecular flexibility index (Phi) is 8.44. The van der Waals surface area contributed by atoms with Crippen molar-refractivity contribution in [2.45, 2.75) is 25.9 Å². The van der Waals surface area contributed by atoms with Crippen LogP contribution in [0.3, 0.4) is 0 Å². The predicted octanol–water partition coefficient (Wildman–Crippen LogP) is 2.01. The Morgan fingerprint density at radius 2 is 1.77 bits per heavy atom. The maximum absolute atomic E-state index is 13.4. The van der Waals surface area contributed by atoms with Gasteiger partial charge < -0.3 is 15.0 Å². The lowest BCUT2D eigenvalue weighted by molar-refractivity contribution is -0.140. The minimum Gasteiger partial charge on any atom is -0.497 e. The smallest absolute Gasteiger partial charge is 0.244 e. The van der Waals surface area contributed by atoms with Crippen molar-refractivity contribution in [1.29, 1.82) is 0 Å². The number of hydrogen-bond acceptors (Lipinski definition) is 5. The van der Waals surface area contributed by atoms with Gasteiger partial charge in [-0.2, -0.15) is 0 Å². The Labute approximate surface area is 183 Å². The highest BCUT2D eigenvalue weighted by Crippen LogP contribution is 2.20. The van der Waals surface area contributed by atoms with E-state index in [4.69, 9.17) is 4.74 Å². The minimum atomic E-state index is -3.72. The molecule has 0 aliphatic rings. The van der Waals surface area contributed by atoms with Crippen LogP contribution in [0.25, 0.3) is 0 Å². The number of hydrogen-bond donors (Lipinski definition) is 1. The molecule has 9 heteroatoms. The average molecular weight is 448 g/mol. The van der Waals surface area contributed by atoms with Crippen LogP contribution in [0, 0.1) is 0 Å². The van der Waals surface area contributed by atoms with Gasteiger partial charge in [-0.05, 0) is 36.2 Å². The van der Waals surface area contributed by atoms with Gasteiger partial charge in [0.1, 0.15) is 18.3 Å². The number of carbonyl (C=O) groups excluding carboxylic acids is 2. The zero-order valence-corrected chi connectivity index (χ0v) is 19.1. The predicted molar refractivity (Wildman–Crippen MR) is 120 cm³/mol. The normalized spacial score (nSPS) is 12.0. The van der Waals surface area contributed by atoms with Crippen molar-refractivity contribution in [3.8, 4) is 5.75 Å². The molecule has 2 amide bonds. The third-order valence-electron chi connectivity index (χ3n) is 4.84. The molecule has 2 aromatic carbocycles. The summed E-state index contributed by atoms with van der Waals surface area (Å²) in [5, 5.41) is 2.59. The highest BCUT2D eigenvalue weighted by atomic mass is 32.2. The first kappa shape index (κ1) is 24.2. The van der Waals surface area contributed by atoms with Crippen molar-refractivity contribution in [2.24, 2.45) is 0 Å². The van der Waals surface area contributed by atoms with E-state index in [0.29, 0.717) is 17.9 Å².